The number of rotatable bonds is 5. The van der Waals surface area contributed by atoms with Crippen LogP contribution in [0.3, 0.4) is 0 Å². The monoisotopic (exact) mass is 344 g/mol. The first-order valence-electron chi connectivity index (χ1n) is 8.21. The number of ether oxygens (including phenoxy) is 1. The van der Waals surface area contributed by atoms with Crippen LogP contribution in [-0.2, 0) is 15.7 Å². The summed E-state index contributed by atoms with van der Waals surface area (Å²) in [6, 6.07) is 3.50. The van der Waals surface area contributed by atoms with E-state index in [1.165, 1.54) is 6.07 Å². The first-order valence-corrected chi connectivity index (χ1v) is 8.21. The molecule has 4 nitrogen and oxygen atoms in total. The fraction of sp³-hybridized carbons (Fsp3) is 0.588. The van der Waals surface area contributed by atoms with Crippen molar-refractivity contribution >= 4 is 17.3 Å². The summed E-state index contributed by atoms with van der Waals surface area (Å²) in [5, 5.41) is 2.71. The van der Waals surface area contributed by atoms with Gasteiger partial charge in [-0.15, -0.1) is 0 Å². The molecule has 1 N–H and O–H groups in total. The van der Waals surface area contributed by atoms with Crippen molar-refractivity contribution in [2.24, 2.45) is 5.92 Å². The minimum atomic E-state index is -4.44. The molecule has 1 aliphatic rings. The maximum Gasteiger partial charge on any atom is 0.416 e. The van der Waals surface area contributed by atoms with Crippen LogP contribution < -0.4 is 10.2 Å². The van der Waals surface area contributed by atoms with Crippen LogP contribution >= 0.6 is 0 Å². The normalized spacial score (nSPS) is 16.0. The van der Waals surface area contributed by atoms with Gasteiger partial charge in [0.1, 0.15) is 0 Å². The first-order chi connectivity index (χ1) is 11.4. The number of benzene rings is 1. The fourth-order valence-electron chi connectivity index (χ4n) is 2.85. The summed E-state index contributed by atoms with van der Waals surface area (Å²) in [5.74, 6) is -0.469. The third-order valence-corrected chi connectivity index (χ3v) is 4.28. The van der Waals surface area contributed by atoms with E-state index in [2.05, 4.69) is 5.32 Å². The number of hydrogen-bond acceptors (Lipinski definition) is 3. The predicted octanol–water partition coefficient (Wildman–Crippen LogP) is 3.92. The number of carbonyl (C=O) groups is 1. The minimum Gasteiger partial charge on any atom is -0.381 e. The van der Waals surface area contributed by atoms with E-state index >= 15 is 0 Å². The van der Waals surface area contributed by atoms with Crippen LogP contribution in [0.1, 0.15) is 32.3 Å². The van der Waals surface area contributed by atoms with Crippen molar-refractivity contribution in [2.45, 2.75) is 32.9 Å². The molecule has 0 aliphatic carbocycles. The third kappa shape index (κ3) is 4.41. The van der Waals surface area contributed by atoms with Crippen LogP contribution in [0.2, 0.25) is 0 Å². The van der Waals surface area contributed by atoms with Crippen LogP contribution in [0.5, 0.6) is 0 Å². The van der Waals surface area contributed by atoms with E-state index in [0.717, 1.165) is 12.1 Å². The summed E-state index contributed by atoms with van der Waals surface area (Å²) in [6.45, 7) is 6.13. The molecule has 1 fully saturated rings. The van der Waals surface area contributed by atoms with Crippen LogP contribution in [0.25, 0.3) is 0 Å². The van der Waals surface area contributed by atoms with Gasteiger partial charge in [0.15, 0.2) is 0 Å². The first kappa shape index (κ1) is 18.6. The lowest BCUT2D eigenvalue weighted by Crippen LogP contribution is -2.30. The molecule has 24 heavy (non-hydrogen) atoms. The van der Waals surface area contributed by atoms with Crippen LogP contribution in [0.15, 0.2) is 18.2 Å². The second-order valence-electron chi connectivity index (χ2n) is 5.78. The van der Waals surface area contributed by atoms with E-state index in [9.17, 15) is 18.0 Å². The summed E-state index contributed by atoms with van der Waals surface area (Å²) in [5.41, 5.74) is 0.0547. The molecule has 0 bridgehead atoms. The van der Waals surface area contributed by atoms with E-state index in [4.69, 9.17) is 4.74 Å². The van der Waals surface area contributed by atoms with Crippen molar-refractivity contribution in [1.29, 1.82) is 0 Å². The lowest BCUT2D eigenvalue weighted by molar-refractivity contribution is -0.137. The van der Waals surface area contributed by atoms with Gasteiger partial charge < -0.3 is 15.0 Å². The highest BCUT2D eigenvalue weighted by atomic mass is 19.4. The number of amides is 1. The number of halogens is 3. The standard InChI is InChI=1S/C17H23F3N2O2/c1-3-22(4-2)15-6-5-13(17(18,19)20)11-14(15)21-16(23)12-7-9-24-10-8-12/h5-6,11-12H,3-4,7-10H2,1-2H3,(H,21,23). The average molecular weight is 344 g/mol. The quantitative estimate of drug-likeness (QED) is 0.880. The molecule has 1 amide bonds. The molecule has 0 unspecified atom stereocenters. The Kier molecular flexibility index (Phi) is 6.10. The van der Waals surface area contributed by atoms with Gasteiger partial charge in [0.25, 0.3) is 0 Å². The maximum atomic E-state index is 13.0. The van der Waals surface area contributed by atoms with Crippen LogP contribution in [0.4, 0.5) is 24.5 Å². The predicted molar refractivity (Wildman–Crippen MR) is 87.2 cm³/mol. The zero-order valence-corrected chi connectivity index (χ0v) is 13.9. The number of alkyl halides is 3. The van der Waals surface area contributed by atoms with Crippen molar-refractivity contribution in [1.82, 2.24) is 0 Å². The van der Waals surface area contributed by atoms with Gasteiger partial charge in [-0.3, -0.25) is 4.79 Å². The Labute approximate surface area is 140 Å². The summed E-state index contributed by atoms with van der Waals surface area (Å²) in [4.78, 5) is 14.3. The molecule has 1 heterocycles. The van der Waals surface area contributed by atoms with Gasteiger partial charge in [-0.25, -0.2) is 0 Å². The molecule has 2 rings (SSSR count). The number of nitrogens with zero attached hydrogens (tertiary/aromatic N) is 1. The Morgan fingerprint density at radius 2 is 1.88 bits per heavy atom. The smallest absolute Gasteiger partial charge is 0.381 e. The molecule has 1 aromatic carbocycles. The zero-order valence-electron chi connectivity index (χ0n) is 13.9. The Balaban J connectivity index is 2.30. The lowest BCUT2D eigenvalue weighted by Gasteiger charge is -2.27. The number of anilines is 2. The van der Waals surface area contributed by atoms with Crippen molar-refractivity contribution < 1.29 is 22.7 Å². The van der Waals surface area contributed by atoms with E-state index < -0.39 is 11.7 Å². The summed E-state index contributed by atoms with van der Waals surface area (Å²) < 4.78 is 44.3. The lowest BCUT2D eigenvalue weighted by atomic mass is 9.99. The van der Waals surface area contributed by atoms with Crippen molar-refractivity contribution in [3.8, 4) is 0 Å². The molecular weight excluding hydrogens is 321 g/mol. The van der Waals surface area contributed by atoms with E-state index in [1.807, 2.05) is 18.7 Å². The molecule has 1 saturated heterocycles. The zero-order chi connectivity index (χ0) is 17.7. The van der Waals surface area contributed by atoms with Crippen molar-refractivity contribution in [3.63, 3.8) is 0 Å². The third-order valence-electron chi connectivity index (χ3n) is 4.28. The second kappa shape index (κ2) is 7.88. The Morgan fingerprint density at radius 1 is 1.25 bits per heavy atom. The molecule has 0 aromatic heterocycles. The summed E-state index contributed by atoms with van der Waals surface area (Å²) in [6.07, 6.45) is -3.27. The second-order valence-corrected chi connectivity index (χ2v) is 5.78. The van der Waals surface area contributed by atoms with Crippen LogP contribution in [-0.4, -0.2) is 32.2 Å². The largest absolute Gasteiger partial charge is 0.416 e. The van der Waals surface area contributed by atoms with Gasteiger partial charge in [0.05, 0.1) is 16.9 Å². The molecule has 1 aromatic rings. The topological polar surface area (TPSA) is 41.6 Å². The molecule has 0 atom stereocenters. The molecule has 0 radical (unpaired) electrons. The molecule has 0 spiro atoms. The molecule has 134 valence electrons. The number of hydrogen-bond donors (Lipinski definition) is 1. The SMILES string of the molecule is CCN(CC)c1ccc(C(F)(F)F)cc1NC(=O)C1CCOCC1. The summed E-state index contributed by atoms with van der Waals surface area (Å²) in [7, 11) is 0. The highest BCUT2D eigenvalue weighted by Crippen LogP contribution is 2.36. The maximum absolute atomic E-state index is 13.0. The van der Waals surface area contributed by atoms with Gasteiger partial charge in [-0.2, -0.15) is 13.2 Å². The molecule has 0 saturated carbocycles. The minimum absolute atomic E-state index is 0.213. The summed E-state index contributed by atoms with van der Waals surface area (Å²) >= 11 is 0. The Hall–Kier alpha value is -1.76. The Bertz CT molecular complexity index is 565. The van der Waals surface area contributed by atoms with E-state index in [0.29, 0.717) is 44.8 Å². The van der Waals surface area contributed by atoms with Gasteiger partial charge in [-0.1, -0.05) is 0 Å². The molecule has 7 heteroatoms. The van der Waals surface area contributed by atoms with E-state index in [-0.39, 0.29) is 17.5 Å². The average Bonchev–Trinajstić information content (AvgIpc) is 2.57. The highest BCUT2D eigenvalue weighted by molar-refractivity contribution is 5.96. The van der Waals surface area contributed by atoms with Crippen LogP contribution in [0, 0.1) is 5.92 Å². The van der Waals surface area contributed by atoms with E-state index in [1.54, 1.807) is 0 Å². The van der Waals surface area contributed by atoms with Gasteiger partial charge in [0.2, 0.25) is 5.91 Å². The number of nitrogens with one attached hydrogen (secondary N) is 1. The molecule has 1 aliphatic heterocycles. The van der Waals surface area contributed by atoms with Gasteiger partial charge >= 0.3 is 6.18 Å². The number of carbonyl (C=O) groups excluding carboxylic acids is 1. The van der Waals surface area contributed by atoms with Crippen molar-refractivity contribution in [2.75, 3.05) is 36.5 Å². The Morgan fingerprint density at radius 3 is 2.42 bits per heavy atom. The fourth-order valence-corrected chi connectivity index (χ4v) is 2.85. The molecular formula is C17H23F3N2O2. The van der Waals surface area contributed by atoms with Crippen molar-refractivity contribution in [3.05, 3.63) is 23.8 Å². The van der Waals surface area contributed by atoms with Gasteiger partial charge in [0, 0.05) is 32.2 Å². The highest BCUT2D eigenvalue weighted by Gasteiger charge is 2.32. The van der Waals surface area contributed by atoms with Gasteiger partial charge in [-0.05, 0) is 44.9 Å².